The van der Waals surface area contributed by atoms with Crippen LogP contribution >= 0.6 is 11.3 Å². The molecule has 3 heteroatoms. The van der Waals surface area contributed by atoms with Gasteiger partial charge in [-0.05, 0) is 37.8 Å². The van der Waals surface area contributed by atoms with Gasteiger partial charge in [0.15, 0.2) is 0 Å². The Balaban J connectivity index is 1.80. The zero-order valence-electron chi connectivity index (χ0n) is 13.7. The van der Waals surface area contributed by atoms with Crippen LogP contribution < -0.4 is 5.32 Å². The number of nitrogens with one attached hydrogen (secondary N) is 1. The number of hydrogen-bond acceptors (Lipinski definition) is 3. The van der Waals surface area contributed by atoms with E-state index in [4.69, 9.17) is 4.74 Å². The predicted molar refractivity (Wildman–Crippen MR) is 87.4 cm³/mol. The van der Waals surface area contributed by atoms with Crippen LogP contribution in [-0.2, 0) is 11.3 Å². The zero-order chi connectivity index (χ0) is 14.9. The Morgan fingerprint density at radius 2 is 2.10 bits per heavy atom. The first kappa shape index (κ1) is 16.0. The van der Waals surface area contributed by atoms with Crippen molar-refractivity contribution in [3.8, 4) is 0 Å². The van der Waals surface area contributed by atoms with Crippen LogP contribution in [0.2, 0.25) is 0 Å². The van der Waals surface area contributed by atoms with E-state index in [1.165, 1.54) is 15.3 Å². The molecule has 0 aromatic carbocycles. The first-order chi connectivity index (χ1) is 9.30. The van der Waals surface area contributed by atoms with Crippen molar-refractivity contribution in [2.45, 2.75) is 66.7 Å². The van der Waals surface area contributed by atoms with E-state index >= 15 is 0 Å². The Morgan fingerprint density at radius 3 is 2.60 bits per heavy atom. The summed E-state index contributed by atoms with van der Waals surface area (Å²) in [5.41, 5.74) is 1.66. The Kier molecular flexibility index (Phi) is 4.93. The molecule has 20 heavy (non-hydrogen) atoms. The number of aryl methyl sites for hydroxylation is 2. The predicted octanol–water partition coefficient (Wildman–Crippen LogP) is 4.29. The lowest BCUT2D eigenvalue weighted by atomic mass is 9.64. The van der Waals surface area contributed by atoms with Gasteiger partial charge in [-0.2, -0.15) is 0 Å². The molecule has 0 saturated heterocycles. The largest absolute Gasteiger partial charge is 0.377 e. The molecule has 1 heterocycles. The first-order valence-corrected chi connectivity index (χ1v) is 8.53. The minimum absolute atomic E-state index is 0.246. The van der Waals surface area contributed by atoms with E-state index in [0.717, 1.165) is 19.6 Å². The monoisotopic (exact) mass is 295 g/mol. The second-order valence-electron chi connectivity index (χ2n) is 7.16. The lowest BCUT2D eigenvalue weighted by molar-refractivity contribution is -0.124. The van der Waals surface area contributed by atoms with Gasteiger partial charge in [0, 0.05) is 34.4 Å². The highest BCUT2D eigenvalue weighted by Gasteiger charge is 2.48. The van der Waals surface area contributed by atoms with E-state index in [9.17, 15) is 0 Å². The van der Waals surface area contributed by atoms with Gasteiger partial charge in [-0.3, -0.25) is 0 Å². The van der Waals surface area contributed by atoms with Gasteiger partial charge in [-0.1, -0.05) is 27.7 Å². The molecule has 1 saturated carbocycles. The molecule has 1 aliphatic rings. The van der Waals surface area contributed by atoms with Crippen molar-refractivity contribution in [1.82, 2.24) is 5.32 Å². The Labute approximate surface area is 127 Å². The molecule has 0 spiro atoms. The highest BCUT2D eigenvalue weighted by Crippen LogP contribution is 2.43. The summed E-state index contributed by atoms with van der Waals surface area (Å²) in [4.78, 5) is 2.88. The topological polar surface area (TPSA) is 21.3 Å². The van der Waals surface area contributed by atoms with Crippen molar-refractivity contribution in [2.75, 3.05) is 6.61 Å². The van der Waals surface area contributed by atoms with Gasteiger partial charge >= 0.3 is 0 Å². The molecule has 2 nitrogen and oxygen atoms in total. The summed E-state index contributed by atoms with van der Waals surface area (Å²) in [6.07, 6.45) is 1.55. The molecule has 2 rings (SSSR count). The first-order valence-electron chi connectivity index (χ1n) is 7.71. The van der Waals surface area contributed by atoms with E-state index in [0.29, 0.717) is 18.1 Å². The second-order valence-corrected chi connectivity index (χ2v) is 8.50. The Hall–Kier alpha value is -0.380. The summed E-state index contributed by atoms with van der Waals surface area (Å²) >= 11 is 1.91. The lowest BCUT2D eigenvalue weighted by Crippen LogP contribution is -2.60. The van der Waals surface area contributed by atoms with Crippen molar-refractivity contribution in [1.29, 1.82) is 0 Å². The maximum Gasteiger partial charge on any atom is 0.0656 e. The summed E-state index contributed by atoms with van der Waals surface area (Å²) in [6, 6.07) is 2.88. The second kappa shape index (κ2) is 6.17. The van der Waals surface area contributed by atoms with Crippen LogP contribution in [0.1, 0.15) is 49.4 Å². The van der Waals surface area contributed by atoms with Crippen LogP contribution in [0.4, 0.5) is 0 Å². The van der Waals surface area contributed by atoms with Gasteiger partial charge in [0.2, 0.25) is 0 Å². The highest BCUT2D eigenvalue weighted by atomic mass is 32.1. The lowest BCUT2D eigenvalue weighted by Gasteiger charge is -2.52. The van der Waals surface area contributed by atoms with E-state index in [2.05, 4.69) is 52.9 Å². The van der Waals surface area contributed by atoms with Crippen molar-refractivity contribution in [3.63, 3.8) is 0 Å². The van der Waals surface area contributed by atoms with Gasteiger partial charge in [-0.15, -0.1) is 11.3 Å². The van der Waals surface area contributed by atoms with E-state index in [1.807, 2.05) is 11.3 Å². The van der Waals surface area contributed by atoms with Crippen LogP contribution in [0.3, 0.4) is 0 Å². The minimum atomic E-state index is 0.246. The third kappa shape index (κ3) is 3.44. The molecular formula is C17H29NOS. The minimum Gasteiger partial charge on any atom is -0.377 e. The molecular weight excluding hydrogens is 266 g/mol. The van der Waals surface area contributed by atoms with Gasteiger partial charge in [-0.25, -0.2) is 0 Å². The van der Waals surface area contributed by atoms with Crippen molar-refractivity contribution >= 4 is 11.3 Å². The number of thiophene rings is 1. The van der Waals surface area contributed by atoms with E-state index in [-0.39, 0.29) is 5.41 Å². The third-order valence-corrected chi connectivity index (χ3v) is 5.70. The van der Waals surface area contributed by atoms with Gasteiger partial charge in [0.1, 0.15) is 0 Å². The van der Waals surface area contributed by atoms with Crippen molar-refractivity contribution < 1.29 is 4.74 Å². The normalized spacial score (nSPS) is 24.9. The number of ether oxygens (including phenoxy) is 1. The quantitative estimate of drug-likeness (QED) is 0.845. The number of rotatable bonds is 6. The summed E-state index contributed by atoms with van der Waals surface area (Å²) in [5, 5.41) is 3.71. The molecule has 0 bridgehead atoms. The fourth-order valence-corrected chi connectivity index (χ4v) is 3.79. The fourth-order valence-electron chi connectivity index (χ4n) is 2.78. The Morgan fingerprint density at radius 1 is 1.40 bits per heavy atom. The molecule has 0 aliphatic heterocycles. The Bertz CT molecular complexity index is 430. The van der Waals surface area contributed by atoms with Crippen LogP contribution in [0, 0.1) is 25.2 Å². The molecule has 0 amide bonds. The molecule has 0 radical (unpaired) electrons. The standard InChI is InChI=1S/C17H29NOS/c1-11(2)10-19-16-8-15(17(16,5)6)18-9-14-7-12(3)13(4)20-14/h7,11,15-16,18H,8-10H2,1-6H3. The van der Waals surface area contributed by atoms with Gasteiger partial charge < -0.3 is 10.1 Å². The maximum atomic E-state index is 6.02. The maximum absolute atomic E-state index is 6.02. The molecule has 1 fully saturated rings. The molecule has 1 aromatic heterocycles. The SMILES string of the molecule is Cc1cc(CNC2CC(OCC(C)C)C2(C)C)sc1C. The van der Waals surface area contributed by atoms with Gasteiger partial charge in [0.25, 0.3) is 0 Å². The highest BCUT2D eigenvalue weighted by molar-refractivity contribution is 7.12. The molecule has 1 N–H and O–H groups in total. The fraction of sp³-hybridized carbons (Fsp3) is 0.765. The summed E-state index contributed by atoms with van der Waals surface area (Å²) in [5.74, 6) is 0.620. The van der Waals surface area contributed by atoms with Crippen LogP contribution in [-0.4, -0.2) is 18.8 Å². The van der Waals surface area contributed by atoms with Crippen LogP contribution in [0.25, 0.3) is 0 Å². The zero-order valence-corrected chi connectivity index (χ0v) is 14.6. The van der Waals surface area contributed by atoms with Crippen LogP contribution in [0.5, 0.6) is 0 Å². The van der Waals surface area contributed by atoms with E-state index in [1.54, 1.807) is 0 Å². The van der Waals surface area contributed by atoms with E-state index < -0.39 is 0 Å². The van der Waals surface area contributed by atoms with Crippen LogP contribution in [0.15, 0.2) is 6.07 Å². The smallest absolute Gasteiger partial charge is 0.0656 e. The summed E-state index contributed by atoms with van der Waals surface area (Å²) in [7, 11) is 0. The molecule has 1 aliphatic carbocycles. The summed E-state index contributed by atoms with van der Waals surface area (Å²) < 4.78 is 6.02. The molecule has 114 valence electrons. The average Bonchev–Trinajstić information content (AvgIpc) is 2.66. The van der Waals surface area contributed by atoms with Gasteiger partial charge in [0.05, 0.1) is 6.10 Å². The average molecular weight is 295 g/mol. The van der Waals surface area contributed by atoms with Crippen molar-refractivity contribution in [2.24, 2.45) is 11.3 Å². The van der Waals surface area contributed by atoms with Crippen molar-refractivity contribution in [3.05, 3.63) is 21.4 Å². The third-order valence-electron chi connectivity index (χ3n) is 4.55. The summed E-state index contributed by atoms with van der Waals surface area (Å²) in [6.45, 7) is 15.3. The molecule has 2 atom stereocenters. The molecule has 2 unspecified atom stereocenters. The molecule has 1 aromatic rings. The number of hydrogen-bond donors (Lipinski definition) is 1.